The molecule has 0 radical (unpaired) electrons. The average Bonchev–Trinajstić information content (AvgIpc) is 2.33. The minimum absolute atomic E-state index is 0.675. The predicted octanol–water partition coefficient (Wildman–Crippen LogP) is 3.71. The van der Waals surface area contributed by atoms with Gasteiger partial charge in [-0.1, -0.05) is 60.2 Å². The van der Waals surface area contributed by atoms with E-state index in [1.54, 1.807) is 0 Å². The third-order valence-electron chi connectivity index (χ3n) is 2.50. The summed E-state index contributed by atoms with van der Waals surface area (Å²) in [5.74, 6) is 0. The molecule has 1 nitrogen and oxygen atoms in total. The average molecular weight is 212 g/mol. The second-order valence-corrected chi connectivity index (χ2v) is 3.96. The summed E-state index contributed by atoms with van der Waals surface area (Å²) in [6.45, 7) is 3.44. The number of hydrogen-bond donors (Lipinski definition) is 0. The predicted molar refractivity (Wildman–Crippen MR) is 66.1 cm³/mol. The fourth-order valence-corrected chi connectivity index (χ4v) is 1.55. The fourth-order valence-electron chi connectivity index (χ4n) is 1.55. The van der Waals surface area contributed by atoms with E-state index >= 15 is 0 Å². The Morgan fingerprint density at radius 2 is 1.31 bits per heavy atom. The molecule has 0 spiro atoms. The fraction of sp³-hybridized carbons (Fsp3) is 0.200. The van der Waals surface area contributed by atoms with Crippen LogP contribution in [0.5, 0.6) is 0 Å². The molecule has 0 N–H and O–H groups in total. The van der Waals surface area contributed by atoms with Crippen LogP contribution in [0.3, 0.4) is 0 Å². The van der Waals surface area contributed by atoms with Gasteiger partial charge in [0.05, 0.1) is 13.2 Å². The van der Waals surface area contributed by atoms with E-state index in [0.29, 0.717) is 13.2 Å². The Bertz CT molecular complexity index is 417. The van der Waals surface area contributed by atoms with Crippen molar-refractivity contribution in [2.75, 3.05) is 0 Å². The molecular weight excluding hydrogens is 196 g/mol. The molecule has 82 valence electrons. The Labute approximate surface area is 96.7 Å². The van der Waals surface area contributed by atoms with Crippen molar-refractivity contribution in [1.82, 2.24) is 0 Å². The zero-order chi connectivity index (χ0) is 11.2. The number of rotatable bonds is 4. The highest BCUT2D eigenvalue weighted by atomic mass is 16.5. The van der Waals surface area contributed by atoms with E-state index in [-0.39, 0.29) is 0 Å². The van der Waals surface area contributed by atoms with E-state index in [2.05, 4.69) is 43.3 Å². The number of ether oxygens (including phenoxy) is 1. The standard InChI is InChI=1S/C15H16O/c1-13-7-9-15(10-8-13)12-16-11-14-5-3-2-4-6-14/h2-10H,11-12H2,1H3. The van der Waals surface area contributed by atoms with Gasteiger partial charge in [0, 0.05) is 0 Å². The van der Waals surface area contributed by atoms with Crippen LogP contribution >= 0.6 is 0 Å². The zero-order valence-corrected chi connectivity index (χ0v) is 9.52. The van der Waals surface area contributed by atoms with Crippen molar-refractivity contribution in [3.05, 3.63) is 71.3 Å². The molecule has 16 heavy (non-hydrogen) atoms. The van der Waals surface area contributed by atoms with Gasteiger partial charge < -0.3 is 4.74 Å². The molecule has 0 atom stereocenters. The van der Waals surface area contributed by atoms with Gasteiger partial charge in [0.25, 0.3) is 0 Å². The molecule has 2 rings (SSSR count). The molecule has 0 aliphatic heterocycles. The monoisotopic (exact) mass is 212 g/mol. The van der Waals surface area contributed by atoms with Crippen LogP contribution in [0.15, 0.2) is 54.6 Å². The Morgan fingerprint density at radius 1 is 0.750 bits per heavy atom. The van der Waals surface area contributed by atoms with Crippen molar-refractivity contribution in [3.8, 4) is 0 Å². The molecule has 0 fully saturated rings. The Balaban J connectivity index is 1.82. The lowest BCUT2D eigenvalue weighted by molar-refractivity contribution is 0.107. The lowest BCUT2D eigenvalue weighted by atomic mass is 10.2. The minimum atomic E-state index is 0.675. The largest absolute Gasteiger partial charge is 0.372 e. The molecule has 0 aromatic heterocycles. The zero-order valence-electron chi connectivity index (χ0n) is 9.52. The van der Waals surface area contributed by atoms with Gasteiger partial charge in [0.1, 0.15) is 0 Å². The van der Waals surface area contributed by atoms with Crippen molar-refractivity contribution in [2.45, 2.75) is 20.1 Å². The molecule has 0 aliphatic rings. The molecule has 0 aliphatic carbocycles. The molecule has 0 heterocycles. The van der Waals surface area contributed by atoms with E-state index in [1.165, 1.54) is 16.7 Å². The molecule has 0 bridgehead atoms. The van der Waals surface area contributed by atoms with Crippen LogP contribution < -0.4 is 0 Å². The SMILES string of the molecule is Cc1ccc(COCc2ccccc2)cc1. The molecule has 0 saturated heterocycles. The second-order valence-electron chi connectivity index (χ2n) is 3.96. The van der Waals surface area contributed by atoms with Crippen LogP contribution in [-0.2, 0) is 18.0 Å². The highest BCUT2D eigenvalue weighted by Crippen LogP contribution is 2.07. The van der Waals surface area contributed by atoms with Crippen LogP contribution in [0.1, 0.15) is 16.7 Å². The molecule has 0 saturated carbocycles. The first-order valence-electron chi connectivity index (χ1n) is 5.52. The van der Waals surface area contributed by atoms with E-state index in [4.69, 9.17) is 4.74 Å². The molecular formula is C15H16O. The van der Waals surface area contributed by atoms with Crippen molar-refractivity contribution in [1.29, 1.82) is 0 Å². The van der Waals surface area contributed by atoms with Crippen LogP contribution in [0.4, 0.5) is 0 Å². The van der Waals surface area contributed by atoms with Gasteiger partial charge in [0.15, 0.2) is 0 Å². The van der Waals surface area contributed by atoms with Gasteiger partial charge in [-0.2, -0.15) is 0 Å². The summed E-state index contributed by atoms with van der Waals surface area (Å²) >= 11 is 0. The molecule has 0 amide bonds. The third kappa shape index (κ3) is 3.21. The van der Waals surface area contributed by atoms with E-state index < -0.39 is 0 Å². The summed E-state index contributed by atoms with van der Waals surface area (Å²) in [4.78, 5) is 0. The van der Waals surface area contributed by atoms with E-state index in [0.717, 1.165) is 0 Å². The van der Waals surface area contributed by atoms with Crippen molar-refractivity contribution in [2.24, 2.45) is 0 Å². The van der Waals surface area contributed by atoms with Gasteiger partial charge in [-0.05, 0) is 18.1 Å². The Morgan fingerprint density at radius 3 is 1.94 bits per heavy atom. The molecule has 2 aromatic rings. The highest BCUT2D eigenvalue weighted by molar-refractivity contribution is 5.20. The van der Waals surface area contributed by atoms with Gasteiger partial charge in [-0.3, -0.25) is 0 Å². The third-order valence-corrected chi connectivity index (χ3v) is 2.50. The van der Waals surface area contributed by atoms with Crippen molar-refractivity contribution >= 4 is 0 Å². The summed E-state index contributed by atoms with van der Waals surface area (Å²) in [6.07, 6.45) is 0. The number of hydrogen-bond acceptors (Lipinski definition) is 1. The van der Waals surface area contributed by atoms with E-state index in [9.17, 15) is 0 Å². The topological polar surface area (TPSA) is 9.23 Å². The maximum Gasteiger partial charge on any atom is 0.0721 e. The van der Waals surface area contributed by atoms with E-state index in [1.807, 2.05) is 18.2 Å². The lowest BCUT2D eigenvalue weighted by Gasteiger charge is -2.04. The number of benzene rings is 2. The van der Waals surface area contributed by atoms with Crippen LogP contribution in [-0.4, -0.2) is 0 Å². The summed E-state index contributed by atoms with van der Waals surface area (Å²) in [5.41, 5.74) is 3.72. The normalized spacial score (nSPS) is 10.3. The van der Waals surface area contributed by atoms with Gasteiger partial charge in [0.2, 0.25) is 0 Å². The molecule has 1 heteroatoms. The Hall–Kier alpha value is -1.60. The summed E-state index contributed by atoms with van der Waals surface area (Å²) < 4.78 is 5.65. The quantitative estimate of drug-likeness (QED) is 0.750. The highest BCUT2D eigenvalue weighted by Gasteiger charge is 1.94. The van der Waals surface area contributed by atoms with Crippen molar-refractivity contribution < 1.29 is 4.74 Å². The van der Waals surface area contributed by atoms with Crippen molar-refractivity contribution in [3.63, 3.8) is 0 Å². The van der Waals surface area contributed by atoms with Crippen LogP contribution in [0.2, 0.25) is 0 Å². The van der Waals surface area contributed by atoms with Gasteiger partial charge >= 0.3 is 0 Å². The summed E-state index contributed by atoms with van der Waals surface area (Å²) in [7, 11) is 0. The van der Waals surface area contributed by atoms with Crippen LogP contribution in [0.25, 0.3) is 0 Å². The maximum absolute atomic E-state index is 5.65. The van der Waals surface area contributed by atoms with Gasteiger partial charge in [-0.15, -0.1) is 0 Å². The summed E-state index contributed by atoms with van der Waals surface area (Å²) in [5, 5.41) is 0. The first kappa shape index (κ1) is 10.9. The smallest absolute Gasteiger partial charge is 0.0721 e. The first-order chi connectivity index (χ1) is 7.84. The number of aryl methyl sites for hydroxylation is 1. The lowest BCUT2D eigenvalue weighted by Crippen LogP contribution is -1.93. The molecule has 2 aromatic carbocycles. The molecule has 0 unspecified atom stereocenters. The Kier molecular flexibility index (Phi) is 3.73. The van der Waals surface area contributed by atoms with Gasteiger partial charge in [-0.25, -0.2) is 0 Å². The minimum Gasteiger partial charge on any atom is -0.372 e. The summed E-state index contributed by atoms with van der Waals surface area (Å²) in [6, 6.07) is 18.7. The second kappa shape index (κ2) is 5.47. The van der Waals surface area contributed by atoms with Crippen LogP contribution in [0, 0.1) is 6.92 Å². The maximum atomic E-state index is 5.65. The first-order valence-corrected chi connectivity index (χ1v) is 5.52.